The second kappa shape index (κ2) is 20.2. The lowest BCUT2D eigenvalue weighted by atomic mass is 10.1. The molecule has 2 amide bonds. The van der Waals surface area contributed by atoms with Gasteiger partial charge in [0.2, 0.25) is 11.8 Å². The minimum atomic E-state index is -1.06. The number of carbonyl (C=O) groups excluding carboxylic acids is 3. The lowest BCUT2D eigenvalue weighted by Gasteiger charge is -2.15. The highest BCUT2D eigenvalue weighted by Crippen LogP contribution is 2.31. The number of hydrogen-bond acceptors (Lipinski definition) is 13. The average Bonchev–Trinajstić information content (AvgIpc) is 3.87. The molecular weight excluding hydrogens is 664 g/mol. The molecule has 5 rings (SSSR count). The highest BCUT2D eigenvalue weighted by Gasteiger charge is 2.24. The van der Waals surface area contributed by atoms with Crippen LogP contribution in [0.5, 0.6) is 11.5 Å². The number of methoxy groups -OCH3 is 2. The maximum Gasteiger partial charge on any atom is 0.303 e. The zero-order valence-corrected chi connectivity index (χ0v) is 28.4. The molecule has 1 unspecified atom stereocenters. The molecule has 0 aliphatic carbocycles. The Morgan fingerprint density at radius 1 is 0.804 bits per heavy atom. The van der Waals surface area contributed by atoms with Crippen LogP contribution in [0.25, 0.3) is 22.9 Å². The first-order valence-electron chi connectivity index (χ1n) is 15.5. The van der Waals surface area contributed by atoms with E-state index in [1.807, 2.05) is 19.1 Å². The number of amides is 2. The predicted octanol–water partition coefficient (Wildman–Crippen LogP) is 4.27. The van der Waals surface area contributed by atoms with E-state index in [0.717, 1.165) is 13.4 Å². The number of hydrogen-bond donors (Lipinski definition) is 4. The lowest BCUT2D eigenvalue weighted by Crippen LogP contribution is -2.30. The lowest BCUT2D eigenvalue weighted by molar-refractivity contribution is -0.137. The van der Waals surface area contributed by atoms with Crippen LogP contribution in [-0.2, 0) is 16.1 Å². The standard InChI is InChI=1S/C31H28N6O8.C3H6O.CH4O/c1-42-23-12-5-3-10-20(23)29-35-34-25(44-29)17-32-27(40)18-8-7-9-19(16-18)28(41)33-22(14-15-26(38)39)31-37-36-30(45-31)21-11-4-6-13-24(21)43-2;1-2-3-4;1-2/h3-13,16,22H,14-15,17H2,1-2H3,(H,32,40)(H,33,41)(H,38,39);3H,2H2,1H3;2H,1H3. The van der Waals surface area contributed by atoms with E-state index in [4.69, 9.17) is 23.4 Å². The van der Waals surface area contributed by atoms with Gasteiger partial charge in [0.15, 0.2) is 0 Å². The number of carbonyl (C=O) groups is 4. The minimum Gasteiger partial charge on any atom is -0.496 e. The van der Waals surface area contributed by atoms with Gasteiger partial charge in [-0.1, -0.05) is 37.3 Å². The maximum atomic E-state index is 13.3. The number of nitrogens with zero attached hydrogens (tertiary/aromatic N) is 4. The summed E-state index contributed by atoms with van der Waals surface area (Å²) in [5.74, 6) is -0.474. The third-order valence-electron chi connectivity index (χ3n) is 6.79. The van der Waals surface area contributed by atoms with Gasteiger partial charge < -0.3 is 43.9 Å². The predicted molar refractivity (Wildman–Crippen MR) is 182 cm³/mol. The molecule has 268 valence electrons. The monoisotopic (exact) mass is 702 g/mol. The van der Waals surface area contributed by atoms with E-state index in [9.17, 15) is 24.3 Å². The number of carboxylic acids is 1. The molecular formula is C35H38N6O10. The molecule has 2 heterocycles. The quantitative estimate of drug-likeness (QED) is 0.118. The van der Waals surface area contributed by atoms with Crippen LogP contribution in [0.1, 0.15) is 64.7 Å². The Bertz CT molecular complexity index is 1890. The molecule has 0 fully saturated rings. The summed E-state index contributed by atoms with van der Waals surface area (Å²) in [6.45, 7) is 1.76. The van der Waals surface area contributed by atoms with Gasteiger partial charge in [0, 0.05) is 31.1 Å². The van der Waals surface area contributed by atoms with E-state index in [2.05, 4.69) is 31.0 Å². The Kier molecular flexibility index (Phi) is 15.4. The molecule has 16 nitrogen and oxygen atoms in total. The van der Waals surface area contributed by atoms with Crippen LogP contribution in [0.3, 0.4) is 0 Å². The molecule has 16 heteroatoms. The van der Waals surface area contributed by atoms with Gasteiger partial charge in [0.25, 0.3) is 23.6 Å². The Labute approximate surface area is 292 Å². The first-order chi connectivity index (χ1) is 24.8. The molecule has 3 aromatic carbocycles. The average molecular weight is 703 g/mol. The highest BCUT2D eigenvalue weighted by atomic mass is 16.5. The fourth-order valence-electron chi connectivity index (χ4n) is 4.39. The van der Waals surface area contributed by atoms with Crippen molar-refractivity contribution in [2.75, 3.05) is 21.3 Å². The van der Waals surface area contributed by atoms with Crippen LogP contribution in [0.2, 0.25) is 0 Å². The first kappa shape index (κ1) is 39.0. The fourth-order valence-corrected chi connectivity index (χ4v) is 4.39. The van der Waals surface area contributed by atoms with Gasteiger partial charge in [-0.2, -0.15) is 0 Å². The van der Waals surface area contributed by atoms with Crippen molar-refractivity contribution < 1.29 is 47.7 Å². The summed E-state index contributed by atoms with van der Waals surface area (Å²) in [7, 11) is 4.04. The third kappa shape index (κ3) is 11.0. The van der Waals surface area contributed by atoms with Crippen LogP contribution < -0.4 is 20.1 Å². The molecule has 0 radical (unpaired) electrons. The summed E-state index contributed by atoms with van der Waals surface area (Å²) in [5, 5.41) is 37.8. The molecule has 0 aliphatic heterocycles. The van der Waals surface area contributed by atoms with Crippen LogP contribution in [0.4, 0.5) is 0 Å². The summed E-state index contributed by atoms with van der Waals surface area (Å²) < 4.78 is 22.2. The number of benzene rings is 3. The number of para-hydroxylation sites is 2. The number of aliphatic hydroxyl groups excluding tert-OH is 1. The number of aliphatic carboxylic acids is 1. The van der Waals surface area contributed by atoms with Gasteiger partial charge in [-0.25, -0.2) is 0 Å². The van der Waals surface area contributed by atoms with E-state index in [1.165, 1.54) is 26.4 Å². The number of nitrogens with one attached hydrogen (secondary N) is 2. The Morgan fingerprint density at radius 2 is 1.35 bits per heavy atom. The van der Waals surface area contributed by atoms with Gasteiger partial charge in [-0.3, -0.25) is 14.4 Å². The van der Waals surface area contributed by atoms with Crippen molar-refractivity contribution in [3.8, 4) is 34.4 Å². The molecule has 0 aliphatic rings. The summed E-state index contributed by atoms with van der Waals surface area (Å²) in [4.78, 5) is 46.7. The summed E-state index contributed by atoms with van der Waals surface area (Å²) in [6, 6.07) is 19.3. The maximum absolute atomic E-state index is 13.3. The van der Waals surface area contributed by atoms with Crippen molar-refractivity contribution in [3.05, 3.63) is 95.7 Å². The van der Waals surface area contributed by atoms with Gasteiger partial charge in [-0.05, 0) is 48.9 Å². The van der Waals surface area contributed by atoms with Gasteiger partial charge >= 0.3 is 5.97 Å². The molecule has 51 heavy (non-hydrogen) atoms. The van der Waals surface area contributed by atoms with Crippen molar-refractivity contribution in [1.82, 2.24) is 31.0 Å². The van der Waals surface area contributed by atoms with Gasteiger partial charge in [0.05, 0.1) is 31.9 Å². The van der Waals surface area contributed by atoms with Gasteiger partial charge in [0.1, 0.15) is 23.8 Å². The first-order valence-corrected chi connectivity index (χ1v) is 15.5. The SMILES string of the molecule is CCC=O.CO.COc1ccccc1-c1nnc(CNC(=O)c2cccc(C(=O)NC(CCC(=O)O)c3nnc(-c4ccccc4OC)o3)c2)o1. The molecule has 0 saturated carbocycles. The van der Waals surface area contributed by atoms with E-state index in [-0.39, 0.29) is 54.1 Å². The van der Waals surface area contributed by atoms with E-state index in [0.29, 0.717) is 29.0 Å². The van der Waals surface area contributed by atoms with E-state index >= 15 is 0 Å². The van der Waals surface area contributed by atoms with Crippen LogP contribution in [0.15, 0.2) is 81.6 Å². The number of aliphatic hydroxyl groups is 1. The van der Waals surface area contributed by atoms with Crippen LogP contribution >= 0.6 is 0 Å². The third-order valence-corrected chi connectivity index (χ3v) is 6.79. The number of aldehydes is 1. The topological polar surface area (TPSA) is 229 Å². The molecule has 2 aromatic heterocycles. The molecule has 1 atom stereocenters. The normalized spacial score (nSPS) is 10.7. The molecule has 5 aromatic rings. The highest BCUT2D eigenvalue weighted by molar-refractivity contribution is 5.99. The largest absolute Gasteiger partial charge is 0.496 e. The van der Waals surface area contributed by atoms with Crippen molar-refractivity contribution in [2.45, 2.75) is 38.8 Å². The number of ether oxygens (including phenoxy) is 2. The van der Waals surface area contributed by atoms with Crippen molar-refractivity contribution >= 4 is 24.1 Å². The Hall–Kier alpha value is -6.42. The Morgan fingerprint density at radius 3 is 1.92 bits per heavy atom. The number of aromatic nitrogens is 4. The summed E-state index contributed by atoms with van der Waals surface area (Å²) in [5.41, 5.74) is 1.51. The van der Waals surface area contributed by atoms with Crippen molar-refractivity contribution in [2.24, 2.45) is 0 Å². The second-order valence-corrected chi connectivity index (χ2v) is 10.1. The second-order valence-electron chi connectivity index (χ2n) is 10.1. The van der Waals surface area contributed by atoms with E-state index < -0.39 is 23.8 Å². The number of carboxylic acid groups (broad SMARTS) is 1. The van der Waals surface area contributed by atoms with Crippen molar-refractivity contribution in [3.63, 3.8) is 0 Å². The summed E-state index contributed by atoms with van der Waals surface area (Å²) >= 11 is 0. The minimum absolute atomic E-state index is 0.0180. The molecule has 4 N–H and O–H groups in total. The molecule has 0 saturated heterocycles. The van der Waals surface area contributed by atoms with E-state index in [1.54, 1.807) is 48.5 Å². The summed E-state index contributed by atoms with van der Waals surface area (Å²) in [6.07, 6.45) is 1.23. The Balaban J connectivity index is 0.00000109. The molecule has 0 spiro atoms. The zero-order valence-electron chi connectivity index (χ0n) is 28.4. The van der Waals surface area contributed by atoms with Crippen LogP contribution in [0, 0.1) is 0 Å². The van der Waals surface area contributed by atoms with Gasteiger partial charge in [-0.15, -0.1) is 20.4 Å². The van der Waals surface area contributed by atoms with Crippen molar-refractivity contribution in [1.29, 1.82) is 0 Å². The smallest absolute Gasteiger partial charge is 0.303 e. The fraction of sp³-hybridized carbons (Fsp3) is 0.257. The number of rotatable bonds is 14. The zero-order chi connectivity index (χ0) is 37.2. The molecule has 0 bridgehead atoms. The van der Waals surface area contributed by atoms with Crippen LogP contribution in [-0.4, -0.2) is 76.0 Å².